The second kappa shape index (κ2) is 9.31. The number of hydrogen-bond donors (Lipinski definition) is 2. The summed E-state index contributed by atoms with van der Waals surface area (Å²) in [7, 11) is 0. The van der Waals surface area contributed by atoms with E-state index in [1.165, 1.54) is 17.7 Å². The average Bonchev–Trinajstić information content (AvgIpc) is 3.13. The molecule has 0 saturated carbocycles. The van der Waals surface area contributed by atoms with E-state index >= 15 is 0 Å². The molecule has 0 bridgehead atoms. The molecule has 0 aliphatic carbocycles. The molecule has 0 spiro atoms. The minimum Gasteiger partial charge on any atom is -0.338 e. The lowest BCUT2D eigenvalue weighted by molar-refractivity contribution is 0.215. The van der Waals surface area contributed by atoms with Crippen molar-refractivity contribution in [3.63, 3.8) is 0 Å². The normalized spacial score (nSPS) is 13.2. The Morgan fingerprint density at radius 3 is 2.41 bits per heavy atom. The van der Waals surface area contributed by atoms with Gasteiger partial charge in [-0.25, -0.2) is 13.9 Å². The lowest BCUT2D eigenvalue weighted by Gasteiger charge is -2.35. The SMILES string of the molecule is CCCC(c1ccc2c(cnn2-c2ccc(F)cc2)c1)C(C)(C)CNC(=O)NC(C)(C)C. The van der Waals surface area contributed by atoms with Crippen LogP contribution in [0, 0.1) is 11.2 Å². The molecule has 3 aromatic rings. The molecular formula is C26H35FN4O. The van der Waals surface area contributed by atoms with Gasteiger partial charge in [0.25, 0.3) is 0 Å². The summed E-state index contributed by atoms with van der Waals surface area (Å²) in [5.74, 6) is 0.0166. The Bertz CT molecular complexity index is 1060. The fourth-order valence-corrected chi connectivity index (χ4v) is 4.17. The fraction of sp³-hybridized carbons (Fsp3) is 0.462. The molecule has 0 aliphatic rings. The summed E-state index contributed by atoms with van der Waals surface area (Å²) in [6, 6.07) is 12.6. The largest absolute Gasteiger partial charge is 0.338 e. The van der Waals surface area contributed by atoms with Crippen molar-refractivity contribution in [3.8, 4) is 5.69 Å². The van der Waals surface area contributed by atoms with Crippen LogP contribution in [-0.4, -0.2) is 27.9 Å². The van der Waals surface area contributed by atoms with Gasteiger partial charge in [-0.1, -0.05) is 33.3 Å². The van der Waals surface area contributed by atoms with Crippen LogP contribution in [0.1, 0.15) is 65.9 Å². The van der Waals surface area contributed by atoms with Crippen LogP contribution in [0.25, 0.3) is 16.6 Å². The zero-order valence-electron chi connectivity index (χ0n) is 20.0. The summed E-state index contributed by atoms with van der Waals surface area (Å²) in [6.07, 6.45) is 3.93. The van der Waals surface area contributed by atoms with Gasteiger partial charge in [0.1, 0.15) is 5.82 Å². The Kier molecular flexibility index (Phi) is 6.91. The van der Waals surface area contributed by atoms with Crippen molar-refractivity contribution in [2.75, 3.05) is 6.54 Å². The topological polar surface area (TPSA) is 59.0 Å². The van der Waals surface area contributed by atoms with Crippen molar-refractivity contribution in [1.29, 1.82) is 0 Å². The zero-order valence-corrected chi connectivity index (χ0v) is 20.0. The first-order valence-corrected chi connectivity index (χ1v) is 11.3. The predicted octanol–water partition coefficient (Wildman–Crippen LogP) is 6.17. The molecule has 5 nitrogen and oxygen atoms in total. The van der Waals surface area contributed by atoms with Crippen LogP contribution in [-0.2, 0) is 0 Å². The van der Waals surface area contributed by atoms with E-state index in [9.17, 15) is 9.18 Å². The number of nitrogens with zero attached hydrogens (tertiary/aromatic N) is 2. The number of rotatable bonds is 7. The number of aromatic nitrogens is 2. The van der Waals surface area contributed by atoms with E-state index < -0.39 is 0 Å². The molecule has 1 heterocycles. The molecule has 32 heavy (non-hydrogen) atoms. The van der Waals surface area contributed by atoms with Gasteiger partial charge >= 0.3 is 6.03 Å². The zero-order chi connectivity index (χ0) is 23.5. The molecule has 1 atom stereocenters. The third-order valence-electron chi connectivity index (χ3n) is 5.78. The van der Waals surface area contributed by atoms with Gasteiger partial charge in [-0.15, -0.1) is 0 Å². The third-order valence-corrected chi connectivity index (χ3v) is 5.78. The molecule has 0 saturated heterocycles. The summed E-state index contributed by atoms with van der Waals surface area (Å²) < 4.78 is 15.1. The van der Waals surface area contributed by atoms with Crippen LogP contribution in [0.3, 0.4) is 0 Å². The van der Waals surface area contributed by atoms with Crippen molar-refractivity contribution in [2.45, 2.75) is 65.8 Å². The Morgan fingerprint density at radius 1 is 1.09 bits per heavy atom. The van der Waals surface area contributed by atoms with Crippen molar-refractivity contribution >= 4 is 16.9 Å². The number of urea groups is 1. The van der Waals surface area contributed by atoms with Gasteiger partial charge in [0.2, 0.25) is 0 Å². The molecule has 172 valence electrons. The molecule has 1 aromatic heterocycles. The molecule has 2 amide bonds. The van der Waals surface area contributed by atoms with E-state index in [4.69, 9.17) is 0 Å². The molecule has 1 unspecified atom stereocenters. The van der Waals surface area contributed by atoms with E-state index in [-0.39, 0.29) is 28.7 Å². The number of fused-ring (bicyclic) bond motifs is 1. The van der Waals surface area contributed by atoms with Gasteiger partial charge in [0.15, 0.2) is 0 Å². The fourth-order valence-electron chi connectivity index (χ4n) is 4.17. The number of carbonyl (C=O) groups is 1. The molecule has 6 heteroatoms. The average molecular weight is 439 g/mol. The summed E-state index contributed by atoms with van der Waals surface area (Å²) in [5, 5.41) is 11.6. The molecule has 0 aliphatic heterocycles. The first-order chi connectivity index (χ1) is 15.0. The van der Waals surface area contributed by atoms with Gasteiger partial charge in [-0.3, -0.25) is 0 Å². The van der Waals surface area contributed by atoms with E-state index in [1.807, 2.05) is 31.6 Å². The Labute approximate surface area is 190 Å². The molecule has 0 fully saturated rings. The number of halogens is 1. The summed E-state index contributed by atoms with van der Waals surface area (Å²) in [5.41, 5.74) is 2.64. The molecule has 0 radical (unpaired) electrons. The third kappa shape index (κ3) is 5.67. The van der Waals surface area contributed by atoms with E-state index in [0.717, 1.165) is 29.4 Å². The van der Waals surface area contributed by atoms with Crippen molar-refractivity contribution in [1.82, 2.24) is 20.4 Å². The molecular weight excluding hydrogens is 403 g/mol. The van der Waals surface area contributed by atoms with Gasteiger partial charge in [0, 0.05) is 17.5 Å². The van der Waals surface area contributed by atoms with Crippen LogP contribution in [0.4, 0.5) is 9.18 Å². The quantitative estimate of drug-likeness (QED) is 0.463. The second-order valence-electron chi connectivity index (χ2n) is 10.2. The lowest BCUT2D eigenvalue weighted by Crippen LogP contribution is -2.49. The smallest absolute Gasteiger partial charge is 0.315 e. The minimum absolute atomic E-state index is 0.133. The number of benzene rings is 2. The van der Waals surface area contributed by atoms with Gasteiger partial charge in [-0.2, -0.15) is 5.10 Å². The number of amides is 2. The number of carbonyl (C=O) groups excluding carboxylic acids is 1. The Morgan fingerprint density at radius 2 is 1.78 bits per heavy atom. The van der Waals surface area contributed by atoms with Crippen molar-refractivity contribution in [2.24, 2.45) is 5.41 Å². The monoisotopic (exact) mass is 438 g/mol. The van der Waals surface area contributed by atoms with E-state index in [2.05, 4.69) is 54.7 Å². The highest BCUT2D eigenvalue weighted by molar-refractivity contribution is 5.81. The highest BCUT2D eigenvalue weighted by Crippen LogP contribution is 2.39. The standard InChI is InChI=1S/C26H35FN4O/c1-7-8-22(26(5,6)17-28-24(32)30-25(2,3)4)18-9-14-23-19(15-18)16-29-31(23)21-12-10-20(27)11-13-21/h9-16,22H,7-8,17H2,1-6H3,(H2,28,30,32). The maximum Gasteiger partial charge on any atom is 0.315 e. The maximum atomic E-state index is 13.3. The van der Waals surface area contributed by atoms with Crippen LogP contribution in [0.2, 0.25) is 0 Å². The Hall–Kier alpha value is -2.89. The molecule has 3 rings (SSSR count). The van der Waals surface area contributed by atoms with Crippen LogP contribution >= 0.6 is 0 Å². The highest BCUT2D eigenvalue weighted by Gasteiger charge is 2.31. The highest BCUT2D eigenvalue weighted by atomic mass is 19.1. The van der Waals surface area contributed by atoms with Crippen molar-refractivity contribution < 1.29 is 9.18 Å². The van der Waals surface area contributed by atoms with E-state index in [1.54, 1.807) is 12.1 Å². The van der Waals surface area contributed by atoms with Crippen LogP contribution in [0.5, 0.6) is 0 Å². The lowest BCUT2D eigenvalue weighted by atomic mass is 9.72. The minimum atomic E-state index is -0.271. The maximum absolute atomic E-state index is 13.3. The Balaban J connectivity index is 1.84. The molecule has 2 N–H and O–H groups in total. The van der Waals surface area contributed by atoms with Gasteiger partial charge in [-0.05, 0) is 80.5 Å². The van der Waals surface area contributed by atoms with E-state index in [0.29, 0.717) is 6.54 Å². The summed E-state index contributed by atoms with van der Waals surface area (Å²) in [4.78, 5) is 12.3. The summed E-state index contributed by atoms with van der Waals surface area (Å²) in [6.45, 7) is 13.1. The van der Waals surface area contributed by atoms with Crippen LogP contribution < -0.4 is 10.6 Å². The van der Waals surface area contributed by atoms with Gasteiger partial charge in [0.05, 0.1) is 17.4 Å². The predicted molar refractivity (Wildman–Crippen MR) is 129 cm³/mol. The number of nitrogens with one attached hydrogen (secondary N) is 2. The molecule has 2 aromatic carbocycles. The van der Waals surface area contributed by atoms with Crippen molar-refractivity contribution in [3.05, 3.63) is 60.0 Å². The van der Waals surface area contributed by atoms with Crippen LogP contribution in [0.15, 0.2) is 48.7 Å². The second-order valence-corrected chi connectivity index (χ2v) is 10.2. The first kappa shape index (κ1) is 23.8. The summed E-state index contributed by atoms with van der Waals surface area (Å²) >= 11 is 0. The van der Waals surface area contributed by atoms with Gasteiger partial charge < -0.3 is 10.6 Å². The first-order valence-electron chi connectivity index (χ1n) is 11.3. The number of hydrogen-bond acceptors (Lipinski definition) is 2.